The van der Waals surface area contributed by atoms with Crippen LogP contribution in [-0.2, 0) is 23.1 Å². The zero-order valence-corrected chi connectivity index (χ0v) is 18.7. The van der Waals surface area contributed by atoms with Crippen LogP contribution in [0.25, 0.3) is 0 Å². The molecule has 0 atom stereocenters. The van der Waals surface area contributed by atoms with Crippen molar-refractivity contribution in [2.45, 2.75) is 13.0 Å². The van der Waals surface area contributed by atoms with Crippen molar-refractivity contribution in [2.24, 2.45) is 0 Å². The molecule has 2 aromatic heterocycles. The van der Waals surface area contributed by atoms with Crippen LogP contribution in [0.3, 0.4) is 0 Å². The van der Waals surface area contributed by atoms with Gasteiger partial charge in [-0.25, -0.2) is 4.98 Å². The number of carbonyl (C=O) groups excluding carboxylic acids is 1. The van der Waals surface area contributed by atoms with E-state index in [1.807, 2.05) is 24.3 Å². The highest BCUT2D eigenvalue weighted by Crippen LogP contribution is 2.31. The zero-order valence-electron chi connectivity index (χ0n) is 17.9. The first kappa shape index (κ1) is 24.1. The lowest BCUT2D eigenvalue weighted by Gasteiger charge is -2.12. The lowest BCUT2D eigenvalue weighted by atomic mass is 10.2. The first-order valence-corrected chi connectivity index (χ1v) is 11.6. The van der Waals surface area contributed by atoms with E-state index in [1.54, 1.807) is 25.6 Å². The summed E-state index contributed by atoms with van der Waals surface area (Å²) in [6.07, 6.45) is 5.69. The van der Waals surface area contributed by atoms with Crippen molar-refractivity contribution in [3.63, 3.8) is 0 Å². The molecule has 2 heterocycles. The molecule has 0 aliphatic heterocycles. The molecule has 1 amide bonds. The van der Waals surface area contributed by atoms with Crippen molar-refractivity contribution < 1.29 is 27.2 Å². The minimum atomic E-state index is -4.31. The second-order valence-corrected chi connectivity index (χ2v) is 8.44. The summed E-state index contributed by atoms with van der Waals surface area (Å²) in [4.78, 5) is 20.0. The smallest absolute Gasteiger partial charge is 0.283 e. The van der Waals surface area contributed by atoms with Gasteiger partial charge in [-0.2, -0.15) is 8.42 Å². The highest BCUT2D eigenvalue weighted by molar-refractivity contribution is 7.85. The Kier molecular flexibility index (Phi) is 8.30. The van der Waals surface area contributed by atoms with E-state index < -0.39 is 21.9 Å². The van der Waals surface area contributed by atoms with Gasteiger partial charge in [0.15, 0.2) is 11.5 Å². The second kappa shape index (κ2) is 11.4. The average Bonchev–Trinajstić information content (AvgIpc) is 2.81. The lowest BCUT2D eigenvalue weighted by Crippen LogP contribution is -2.29. The van der Waals surface area contributed by atoms with E-state index in [2.05, 4.69) is 20.6 Å². The van der Waals surface area contributed by atoms with Gasteiger partial charge in [0, 0.05) is 31.2 Å². The number of benzene rings is 1. The summed E-state index contributed by atoms with van der Waals surface area (Å²) in [6, 6.07) is 12.4. The Morgan fingerprint density at radius 3 is 2.52 bits per heavy atom. The molecule has 0 saturated carbocycles. The number of amides is 1. The number of nitrogens with one attached hydrogen (secondary N) is 2. The van der Waals surface area contributed by atoms with E-state index in [-0.39, 0.29) is 11.4 Å². The van der Waals surface area contributed by atoms with E-state index in [4.69, 9.17) is 14.0 Å². The molecule has 0 fully saturated rings. The minimum absolute atomic E-state index is 0.117. The summed E-state index contributed by atoms with van der Waals surface area (Å²) in [5, 5.41) is 5.46. The third kappa shape index (κ3) is 7.83. The standard InChI is InChI=1S/C22H24N4O6S/c1-31-20-12-17(13-24-11-8-16-6-9-23-10-7-16)2-4-19(20)32-21-5-3-18(14-25-21)22(27)26-15-33(28,29)30/h2-7,9-10,12,14,24H,8,11,13,15H2,1H3,(H,26,27)(H,28,29,30). The third-order valence-corrected chi connectivity index (χ3v) is 5.03. The van der Waals surface area contributed by atoms with Crippen LogP contribution >= 0.6 is 0 Å². The van der Waals surface area contributed by atoms with Crippen LogP contribution in [-0.4, -0.2) is 48.4 Å². The van der Waals surface area contributed by atoms with Gasteiger partial charge in [-0.05, 0) is 54.4 Å². The summed E-state index contributed by atoms with van der Waals surface area (Å²) in [5.74, 6) is -0.367. The Morgan fingerprint density at radius 1 is 1.06 bits per heavy atom. The molecule has 0 aliphatic carbocycles. The van der Waals surface area contributed by atoms with Crippen LogP contribution < -0.4 is 20.1 Å². The van der Waals surface area contributed by atoms with E-state index in [0.29, 0.717) is 18.0 Å². The number of ether oxygens (including phenoxy) is 2. The van der Waals surface area contributed by atoms with Gasteiger partial charge in [-0.3, -0.25) is 14.3 Å². The normalized spacial score (nSPS) is 11.1. The summed E-state index contributed by atoms with van der Waals surface area (Å²) in [6.45, 7) is 1.48. The van der Waals surface area contributed by atoms with Crippen molar-refractivity contribution in [1.82, 2.24) is 20.6 Å². The van der Waals surface area contributed by atoms with E-state index >= 15 is 0 Å². The van der Waals surface area contributed by atoms with Gasteiger partial charge in [-0.15, -0.1) is 0 Å². The minimum Gasteiger partial charge on any atom is -0.493 e. The van der Waals surface area contributed by atoms with Gasteiger partial charge in [-0.1, -0.05) is 6.07 Å². The monoisotopic (exact) mass is 472 g/mol. The Bertz CT molecular complexity index is 1170. The molecule has 33 heavy (non-hydrogen) atoms. The molecule has 11 heteroatoms. The van der Waals surface area contributed by atoms with Crippen LogP contribution in [0.1, 0.15) is 21.5 Å². The molecular formula is C22H24N4O6S. The van der Waals surface area contributed by atoms with Crippen LogP contribution in [0.5, 0.6) is 17.4 Å². The Morgan fingerprint density at radius 2 is 1.85 bits per heavy atom. The maximum absolute atomic E-state index is 11.9. The predicted octanol–water partition coefficient (Wildman–Crippen LogP) is 2.18. The molecule has 1 aromatic carbocycles. The zero-order chi connectivity index (χ0) is 23.7. The second-order valence-electron chi connectivity index (χ2n) is 6.99. The predicted molar refractivity (Wildman–Crippen MR) is 121 cm³/mol. The largest absolute Gasteiger partial charge is 0.493 e. The summed E-state index contributed by atoms with van der Waals surface area (Å²) in [7, 11) is -2.76. The van der Waals surface area contributed by atoms with Crippen LogP contribution in [0.15, 0.2) is 61.1 Å². The number of hydrogen-bond donors (Lipinski definition) is 3. The number of hydrogen-bond acceptors (Lipinski definition) is 8. The number of nitrogens with zero attached hydrogens (tertiary/aromatic N) is 2. The van der Waals surface area contributed by atoms with Gasteiger partial charge in [0.25, 0.3) is 16.0 Å². The molecular weight excluding hydrogens is 448 g/mol. The number of methoxy groups -OCH3 is 1. The maximum atomic E-state index is 11.9. The van der Waals surface area contributed by atoms with Crippen molar-refractivity contribution >= 4 is 16.0 Å². The van der Waals surface area contributed by atoms with Gasteiger partial charge >= 0.3 is 0 Å². The van der Waals surface area contributed by atoms with Gasteiger partial charge < -0.3 is 20.1 Å². The van der Waals surface area contributed by atoms with Gasteiger partial charge in [0.1, 0.15) is 5.88 Å². The molecule has 0 spiro atoms. The fourth-order valence-corrected chi connectivity index (χ4v) is 3.18. The highest BCUT2D eigenvalue weighted by atomic mass is 32.2. The Labute approximate surface area is 191 Å². The first-order chi connectivity index (χ1) is 15.8. The third-order valence-electron chi connectivity index (χ3n) is 4.53. The molecule has 3 rings (SSSR count). The quantitative estimate of drug-likeness (QED) is 0.283. The Balaban J connectivity index is 1.55. The molecule has 3 aromatic rings. The molecule has 0 saturated heterocycles. The molecule has 0 unspecified atom stereocenters. The van der Waals surface area contributed by atoms with Crippen molar-refractivity contribution in [1.29, 1.82) is 0 Å². The van der Waals surface area contributed by atoms with Crippen molar-refractivity contribution in [3.05, 3.63) is 77.7 Å². The van der Waals surface area contributed by atoms with Crippen LogP contribution in [0.4, 0.5) is 0 Å². The Hall–Kier alpha value is -3.54. The molecule has 3 N–H and O–H groups in total. The number of aromatic nitrogens is 2. The highest BCUT2D eigenvalue weighted by Gasteiger charge is 2.12. The van der Waals surface area contributed by atoms with Crippen molar-refractivity contribution in [2.75, 3.05) is 19.5 Å². The lowest BCUT2D eigenvalue weighted by molar-refractivity contribution is 0.0958. The van der Waals surface area contributed by atoms with Crippen molar-refractivity contribution in [3.8, 4) is 17.4 Å². The van der Waals surface area contributed by atoms with Crippen LogP contribution in [0, 0.1) is 0 Å². The summed E-state index contributed by atoms with van der Waals surface area (Å²) >= 11 is 0. The summed E-state index contributed by atoms with van der Waals surface area (Å²) in [5.41, 5.74) is 2.35. The molecule has 0 aliphatic rings. The average molecular weight is 473 g/mol. The van der Waals surface area contributed by atoms with E-state index in [9.17, 15) is 13.2 Å². The molecule has 0 radical (unpaired) electrons. The van der Waals surface area contributed by atoms with E-state index in [0.717, 1.165) is 18.5 Å². The molecule has 10 nitrogen and oxygen atoms in total. The maximum Gasteiger partial charge on any atom is 0.283 e. The number of carbonyl (C=O) groups is 1. The number of rotatable bonds is 11. The SMILES string of the molecule is COc1cc(CNCCc2ccncc2)ccc1Oc1ccc(C(=O)NCS(=O)(=O)O)cn1. The fourth-order valence-electron chi connectivity index (χ4n) is 2.87. The molecule has 174 valence electrons. The van der Waals surface area contributed by atoms with E-state index in [1.165, 1.54) is 23.9 Å². The van der Waals surface area contributed by atoms with Gasteiger partial charge in [0.2, 0.25) is 5.88 Å². The molecule has 0 bridgehead atoms. The summed E-state index contributed by atoms with van der Waals surface area (Å²) < 4.78 is 41.3. The van der Waals surface area contributed by atoms with Crippen LogP contribution in [0.2, 0.25) is 0 Å². The fraction of sp³-hybridized carbons (Fsp3) is 0.227. The first-order valence-electron chi connectivity index (χ1n) is 9.98. The number of pyridine rings is 2. The van der Waals surface area contributed by atoms with Gasteiger partial charge in [0.05, 0.1) is 12.7 Å². The topological polar surface area (TPSA) is 140 Å².